The first kappa shape index (κ1) is 14.3. The first-order valence-electron chi connectivity index (χ1n) is 5.95. The molecule has 0 spiro atoms. The van der Waals surface area contributed by atoms with Gasteiger partial charge in [0.25, 0.3) is 0 Å². The van der Waals surface area contributed by atoms with Gasteiger partial charge >= 0.3 is 0 Å². The van der Waals surface area contributed by atoms with Crippen molar-refractivity contribution in [2.24, 2.45) is 11.7 Å². The second-order valence-electron chi connectivity index (χ2n) is 5.79. The van der Waals surface area contributed by atoms with Gasteiger partial charge in [-0.15, -0.1) is 11.3 Å². The fourth-order valence-corrected chi connectivity index (χ4v) is 2.41. The molecule has 0 radical (unpaired) electrons. The van der Waals surface area contributed by atoms with Gasteiger partial charge in [0.15, 0.2) is 5.78 Å². The molecule has 0 aliphatic carbocycles. The molecular weight excluding hydrogens is 232 g/mol. The van der Waals surface area contributed by atoms with Crippen molar-refractivity contribution < 1.29 is 4.79 Å². The second kappa shape index (κ2) is 5.27. The standard InChI is InChI=1S/C13H22N2OS/c1-8(2)12(14)9(16)6-11-15-10(7-17-11)13(3,4)5/h7-8,12H,6,14H2,1-5H3. The molecule has 0 saturated heterocycles. The molecule has 96 valence electrons. The average molecular weight is 254 g/mol. The van der Waals surface area contributed by atoms with Crippen molar-refractivity contribution >= 4 is 17.1 Å². The lowest BCUT2D eigenvalue weighted by molar-refractivity contribution is -0.120. The summed E-state index contributed by atoms with van der Waals surface area (Å²) in [6, 6.07) is -0.378. The summed E-state index contributed by atoms with van der Waals surface area (Å²) in [7, 11) is 0. The molecule has 1 heterocycles. The molecule has 0 aromatic carbocycles. The Morgan fingerprint density at radius 3 is 2.47 bits per heavy atom. The smallest absolute Gasteiger partial charge is 0.156 e. The van der Waals surface area contributed by atoms with Crippen LogP contribution in [0.5, 0.6) is 0 Å². The summed E-state index contributed by atoms with van der Waals surface area (Å²) in [6.07, 6.45) is 0.361. The van der Waals surface area contributed by atoms with E-state index < -0.39 is 0 Å². The van der Waals surface area contributed by atoms with Gasteiger partial charge in [-0.3, -0.25) is 4.79 Å². The number of nitrogens with zero attached hydrogens (tertiary/aromatic N) is 1. The minimum atomic E-state index is -0.378. The van der Waals surface area contributed by atoms with Crippen LogP contribution in [0.2, 0.25) is 0 Å². The van der Waals surface area contributed by atoms with Crippen molar-refractivity contribution in [3.05, 3.63) is 16.1 Å². The van der Waals surface area contributed by atoms with Crippen LogP contribution in [0, 0.1) is 5.92 Å². The number of carbonyl (C=O) groups excluding carboxylic acids is 1. The minimum Gasteiger partial charge on any atom is -0.321 e. The van der Waals surface area contributed by atoms with E-state index in [4.69, 9.17) is 5.73 Å². The molecule has 2 N–H and O–H groups in total. The fraction of sp³-hybridized carbons (Fsp3) is 0.692. The highest BCUT2D eigenvalue weighted by Crippen LogP contribution is 2.24. The first-order chi connectivity index (χ1) is 7.71. The number of thiazole rings is 1. The summed E-state index contributed by atoms with van der Waals surface area (Å²) in [4.78, 5) is 16.4. The maximum atomic E-state index is 11.9. The summed E-state index contributed by atoms with van der Waals surface area (Å²) in [6.45, 7) is 10.3. The Hall–Kier alpha value is -0.740. The predicted octanol–water partition coefficient (Wildman–Crippen LogP) is 2.54. The zero-order valence-electron chi connectivity index (χ0n) is 11.3. The molecule has 3 nitrogen and oxygen atoms in total. The van der Waals surface area contributed by atoms with E-state index in [0.29, 0.717) is 6.42 Å². The van der Waals surface area contributed by atoms with Crippen molar-refractivity contribution in [2.75, 3.05) is 0 Å². The molecule has 0 bridgehead atoms. The number of hydrogen-bond donors (Lipinski definition) is 1. The van der Waals surface area contributed by atoms with Crippen molar-refractivity contribution in [3.8, 4) is 0 Å². The normalized spacial score (nSPS) is 14.1. The average Bonchev–Trinajstić information content (AvgIpc) is 2.64. The van der Waals surface area contributed by atoms with Gasteiger partial charge in [-0.05, 0) is 5.92 Å². The molecule has 0 saturated carbocycles. The Morgan fingerprint density at radius 1 is 1.47 bits per heavy atom. The highest BCUT2D eigenvalue weighted by molar-refractivity contribution is 7.09. The molecule has 0 aliphatic heterocycles. The summed E-state index contributed by atoms with van der Waals surface area (Å²) < 4.78 is 0. The summed E-state index contributed by atoms with van der Waals surface area (Å²) in [5, 5.41) is 2.90. The van der Waals surface area contributed by atoms with Gasteiger partial charge in [0.05, 0.1) is 18.2 Å². The molecule has 0 amide bonds. The third-order valence-corrected chi connectivity index (χ3v) is 3.58. The largest absolute Gasteiger partial charge is 0.321 e. The van der Waals surface area contributed by atoms with E-state index in [1.165, 1.54) is 0 Å². The van der Waals surface area contributed by atoms with E-state index in [1.54, 1.807) is 11.3 Å². The molecule has 0 fully saturated rings. The van der Waals surface area contributed by atoms with Crippen molar-refractivity contribution in [3.63, 3.8) is 0 Å². The van der Waals surface area contributed by atoms with Crippen LogP contribution in [0.3, 0.4) is 0 Å². The quantitative estimate of drug-likeness (QED) is 0.898. The number of hydrogen-bond acceptors (Lipinski definition) is 4. The van der Waals surface area contributed by atoms with Crippen LogP contribution in [0.25, 0.3) is 0 Å². The Morgan fingerprint density at radius 2 is 2.06 bits per heavy atom. The van der Waals surface area contributed by atoms with Crippen LogP contribution < -0.4 is 5.73 Å². The van der Waals surface area contributed by atoms with E-state index in [0.717, 1.165) is 10.7 Å². The second-order valence-corrected chi connectivity index (χ2v) is 6.73. The first-order valence-corrected chi connectivity index (χ1v) is 6.83. The van der Waals surface area contributed by atoms with Crippen molar-refractivity contribution in [1.29, 1.82) is 0 Å². The molecule has 1 aromatic rings. The van der Waals surface area contributed by atoms with Gasteiger partial charge in [-0.2, -0.15) is 0 Å². The molecule has 1 unspecified atom stereocenters. The number of Topliss-reactive ketones (excluding diaryl/α,β-unsaturated/α-hetero) is 1. The van der Waals surface area contributed by atoms with Crippen LogP contribution in [-0.2, 0) is 16.6 Å². The van der Waals surface area contributed by atoms with Gasteiger partial charge in [-0.25, -0.2) is 4.98 Å². The number of aromatic nitrogens is 1. The highest BCUT2D eigenvalue weighted by atomic mass is 32.1. The SMILES string of the molecule is CC(C)C(N)C(=O)Cc1nc(C(C)(C)C)cs1. The topological polar surface area (TPSA) is 56.0 Å². The predicted molar refractivity (Wildman–Crippen MR) is 72.3 cm³/mol. The van der Waals surface area contributed by atoms with Gasteiger partial charge in [0.1, 0.15) is 5.01 Å². The zero-order valence-corrected chi connectivity index (χ0v) is 12.1. The maximum absolute atomic E-state index is 11.9. The lowest BCUT2D eigenvalue weighted by Gasteiger charge is -2.15. The van der Waals surface area contributed by atoms with Gasteiger partial charge in [0.2, 0.25) is 0 Å². The minimum absolute atomic E-state index is 0.0396. The molecule has 1 aromatic heterocycles. The third-order valence-electron chi connectivity index (χ3n) is 2.74. The molecule has 4 heteroatoms. The van der Waals surface area contributed by atoms with Crippen LogP contribution >= 0.6 is 11.3 Å². The number of rotatable bonds is 4. The summed E-state index contributed by atoms with van der Waals surface area (Å²) in [5.74, 6) is 0.263. The van der Waals surface area contributed by atoms with E-state index in [1.807, 2.05) is 19.2 Å². The highest BCUT2D eigenvalue weighted by Gasteiger charge is 2.21. The number of carbonyl (C=O) groups is 1. The van der Waals surface area contributed by atoms with E-state index in [2.05, 4.69) is 25.8 Å². The molecular formula is C13H22N2OS. The van der Waals surface area contributed by atoms with E-state index in [9.17, 15) is 4.79 Å². The van der Waals surface area contributed by atoms with Crippen molar-refractivity contribution in [2.45, 2.75) is 52.5 Å². The lowest BCUT2D eigenvalue weighted by Crippen LogP contribution is -2.36. The summed E-state index contributed by atoms with van der Waals surface area (Å²) >= 11 is 1.55. The van der Waals surface area contributed by atoms with Crippen LogP contribution in [-0.4, -0.2) is 16.8 Å². The Bertz CT molecular complexity index is 390. The van der Waals surface area contributed by atoms with Gasteiger partial charge in [-0.1, -0.05) is 34.6 Å². The van der Waals surface area contributed by atoms with Gasteiger partial charge in [0, 0.05) is 10.8 Å². The monoisotopic (exact) mass is 254 g/mol. The third kappa shape index (κ3) is 3.89. The Labute approximate surface area is 107 Å². The lowest BCUT2D eigenvalue weighted by atomic mass is 9.93. The molecule has 0 aliphatic rings. The van der Waals surface area contributed by atoms with E-state index in [-0.39, 0.29) is 23.2 Å². The Balaban J connectivity index is 2.71. The number of nitrogens with two attached hydrogens (primary N) is 1. The maximum Gasteiger partial charge on any atom is 0.156 e. The fourth-order valence-electron chi connectivity index (χ4n) is 1.38. The molecule has 17 heavy (non-hydrogen) atoms. The zero-order chi connectivity index (χ0) is 13.2. The molecule has 1 rings (SSSR count). The summed E-state index contributed by atoms with van der Waals surface area (Å²) in [5.41, 5.74) is 6.91. The number of ketones is 1. The van der Waals surface area contributed by atoms with Crippen LogP contribution in [0.4, 0.5) is 0 Å². The van der Waals surface area contributed by atoms with Crippen molar-refractivity contribution in [1.82, 2.24) is 4.98 Å². The van der Waals surface area contributed by atoms with Crippen LogP contribution in [0.15, 0.2) is 5.38 Å². The van der Waals surface area contributed by atoms with Gasteiger partial charge < -0.3 is 5.73 Å². The van der Waals surface area contributed by atoms with E-state index >= 15 is 0 Å². The molecule has 1 atom stereocenters. The van der Waals surface area contributed by atoms with Crippen LogP contribution in [0.1, 0.15) is 45.3 Å². The Kier molecular flexibility index (Phi) is 4.44.